The Morgan fingerprint density at radius 1 is 1.14 bits per heavy atom. The van der Waals surface area contributed by atoms with Gasteiger partial charge in [0.05, 0.1) is 5.70 Å². The summed E-state index contributed by atoms with van der Waals surface area (Å²) in [5.74, 6) is -0.562. The summed E-state index contributed by atoms with van der Waals surface area (Å²) in [6.45, 7) is 3.37. The Kier molecular flexibility index (Phi) is 3.26. The van der Waals surface area contributed by atoms with Crippen molar-refractivity contribution >= 4 is 5.83 Å². The molecule has 1 aliphatic heterocycles. The molecule has 0 spiro atoms. The molecule has 1 unspecified atom stereocenters. The molecule has 0 radical (unpaired) electrons. The van der Waals surface area contributed by atoms with Crippen LogP contribution < -0.4 is 0 Å². The van der Waals surface area contributed by atoms with Crippen molar-refractivity contribution < 1.29 is 17.6 Å². The van der Waals surface area contributed by atoms with Crippen molar-refractivity contribution in [2.45, 2.75) is 44.9 Å². The summed E-state index contributed by atoms with van der Waals surface area (Å²) in [5, 5.41) is 0. The number of halogens is 4. The van der Waals surface area contributed by atoms with E-state index in [2.05, 4.69) is 0 Å². The van der Waals surface area contributed by atoms with E-state index in [1.807, 2.05) is 0 Å². The van der Waals surface area contributed by atoms with Crippen LogP contribution >= 0.6 is 0 Å². The molecule has 0 aromatic heterocycles. The molecule has 1 saturated carbocycles. The molecule has 0 saturated heterocycles. The molecule has 1 aliphatic carbocycles. The number of hydrogen-bond acceptors (Lipinski definition) is 1. The van der Waals surface area contributed by atoms with Gasteiger partial charge in [0.25, 0.3) is 0 Å². The summed E-state index contributed by atoms with van der Waals surface area (Å²) < 4.78 is 55.7. The molecule has 0 N–H and O–H groups in total. The number of nitrogens with zero attached hydrogens (tertiary/aromatic N) is 1. The standard InChI is InChI=1S/C16H17F4N/c1-9(2)21-14(10-7-8-10)13(17)11-5-3-4-6-12(11)15(21)16(18,19)20/h3-6,9-10,15H,7-8H2,1-2H3. The molecule has 1 aromatic carbocycles. The summed E-state index contributed by atoms with van der Waals surface area (Å²) in [5.41, 5.74) is 0.352. The first-order valence-corrected chi connectivity index (χ1v) is 7.16. The molecular formula is C16H17F4N. The zero-order chi connectivity index (χ0) is 15.4. The third-order valence-corrected chi connectivity index (χ3v) is 4.10. The van der Waals surface area contributed by atoms with Gasteiger partial charge in [0.2, 0.25) is 0 Å². The molecule has 0 bridgehead atoms. The van der Waals surface area contributed by atoms with Crippen molar-refractivity contribution in [2.24, 2.45) is 5.92 Å². The van der Waals surface area contributed by atoms with Gasteiger partial charge in [-0.2, -0.15) is 13.2 Å². The molecule has 1 nitrogen and oxygen atoms in total. The van der Waals surface area contributed by atoms with Gasteiger partial charge in [0.15, 0.2) is 6.04 Å². The van der Waals surface area contributed by atoms with Crippen LogP contribution in [-0.2, 0) is 0 Å². The van der Waals surface area contributed by atoms with Gasteiger partial charge in [-0.1, -0.05) is 24.3 Å². The van der Waals surface area contributed by atoms with Gasteiger partial charge in [-0.25, -0.2) is 4.39 Å². The fraction of sp³-hybridized carbons (Fsp3) is 0.500. The van der Waals surface area contributed by atoms with Crippen molar-refractivity contribution in [3.63, 3.8) is 0 Å². The minimum Gasteiger partial charge on any atom is -0.354 e. The molecule has 1 fully saturated rings. The van der Waals surface area contributed by atoms with Crippen molar-refractivity contribution in [3.05, 3.63) is 41.1 Å². The van der Waals surface area contributed by atoms with E-state index in [0.717, 1.165) is 12.8 Å². The molecule has 2 aliphatic rings. The largest absolute Gasteiger partial charge is 0.413 e. The van der Waals surface area contributed by atoms with E-state index in [4.69, 9.17) is 0 Å². The van der Waals surface area contributed by atoms with Crippen molar-refractivity contribution in [3.8, 4) is 0 Å². The molecule has 5 heteroatoms. The highest BCUT2D eigenvalue weighted by Crippen LogP contribution is 2.53. The van der Waals surface area contributed by atoms with Gasteiger partial charge in [-0.05, 0) is 32.3 Å². The lowest BCUT2D eigenvalue weighted by atomic mass is 9.90. The third kappa shape index (κ3) is 2.32. The summed E-state index contributed by atoms with van der Waals surface area (Å²) in [7, 11) is 0. The molecule has 0 amide bonds. The summed E-state index contributed by atoms with van der Waals surface area (Å²) in [4.78, 5) is 1.23. The Labute approximate surface area is 121 Å². The number of rotatable bonds is 2. The highest BCUT2D eigenvalue weighted by atomic mass is 19.4. The highest BCUT2D eigenvalue weighted by Gasteiger charge is 2.52. The normalized spacial score (nSPS) is 22.8. The average molecular weight is 299 g/mol. The van der Waals surface area contributed by atoms with E-state index in [1.54, 1.807) is 19.9 Å². The van der Waals surface area contributed by atoms with E-state index < -0.39 is 24.1 Å². The van der Waals surface area contributed by atoms with E-state index in [0.29, 0.717) is 0 Å². The maximum Gasteiger partial charge on any atom is 0.413 e. The predicted molar refractivity (Wildman–Crippen MR) is 73.0 cm³/mol. The van der Waals surface area contributed by atoms with E-state index in [9.17, 15) is 17.6 Å². The van der Waals surface area contributed by atoms with Crippen LogP contribution in [0.25, 0.3) is 5.83 Å². The highest BCUT2D eigenvalue weighted by molar-refractivity contribution is 5.69. The Bertz CT molecular complexity index is 584. The zero-order valence-electron chi connectivity index (χ0n) is 11.9. The Morgan fingerprint density at radius 3 is 2.29 bits per heavy atom. The third-order valence-electron chi connectivity index (χ3n) is 4.10. The van der Waals surface area contributed by atoms with Crippen LogP contribution in [-0.4, -0.2) is 17.1 Å². The van der Waals surface area contributed by atoms with Crippen LogP contribution in [0.15, 0.2) is 30.0 Å². The van der Waals surface area contributed by atoms with Crippen molar-refractivity contribution in [1.29, 1.82) is 0 Å². The Morgan fingerprint density at radius 2 is 1.76 bits per heavy atom. The number of alkyl halides is 3. The number of fused-ring (bicyclic) bond motifs is 1. The monoisotopic (exact) mass is 299 g/mol. The number of hydrogen-bond donors (Lipinski definition) is 0. The summed E-state index contributed by atoms with van der Waals surface area (Å²) in [6.07, 6.45) is -2.90. The van der Waals surface area contributed by atoms with Gasteiger partial charge in [-0.15, -0.1) is 0 Å². The molecule has 114 valence electrons. The SMILES string of the molecule is CC(C)N1C(C2CC2)=C(F)c2ccccc2C1C(F)(F)F. The minimum atomic E-state index is -4.43. The molecule has 1 atom stereocenters. The van der Waals surface area contributed by atoms with E-state index in [-0.39, 0.29) is 22.7 Å². The molecule has 21 heavy (non-hydrogen) atoms. The number of allylic oxidation sites excluding steroid dienone is 1. The zero-order valence-corrected chi connectivity index (χ0v) is 11.9. The molecule has 1 heterocycles. The first-order chi connectivity index (χ1) is 9.82. The summed E-state index contributed by atoms with van der Waals surface area (Å²) in [6, 6.07) is 3.78. The first kappa shape index (κ1) is 14.4. The van der Waals surface area contributed by atoms with Gasteiger partial charge in [0, 0.05) is 17.5 Å². The molecule has 1 aromatic rings. The van der Waals surface area contributed by atoms with Crippen LogP contribution in [0.2, 0.25) is 0 Å². The lowest BCUT2D eigenvalue weighted by Gasteiger charge is -2.43. The van der Waals surface area contributed by atoms with Crippen LogP contribution in [0.4, 0.5) is 17.6 Å². The topological polar surface area (TPSA) is 3.24 Å². The fourth-order valence-corrected chi connectivity index (χ4v) is 3.13. The lowest BCUT2D eigenvalue weighted by Crippen LogP contribution is -2.44. The second-order valence-corrected chi connectivity index (χ2v) is 6.01. The minimum absolute atomic E-state index is 0.0144. The predicted octanol–water partition coefficient (Wildman–Crippen LogP) is 5.06. The van der Waals surface area contributed by atoms with E-state index >= 15 is 0 Å². The van der Waals surface area contributed by atoms with Crippen LogP contribution in [0.3, 0.4) is 0 Å². The van der Waals surface area contributed by atoms with E-state index in [1.165, 1.54) is 23.1 Å². The lowest BCUT2D eigenvalue weighted by molar-refractivity contribution is -0.187. The summed E-state index contributed by atoms with van der Waals surface area (Å²) >= 11 is 0. The first-order valence-electron chi connectivity index (χ1n) is 7.16. The molecular weight excluding hydrogens is 282 g/mol. The Hall–Kier alpha value is -1.52. The quantitative estimate of drug-likeness (QED) is 0.690. The van der Waals surface area contributed by atoms with Crippen molar-refractivity contribution in [1.82, 2.24) is 4.90 Å². The maximum absolute atomic E-state index is 14.8. The fourth-order valence-electron chi connectivity index (χ4n) is 3.13. The number of benzene rings is 1. The Balaban J connectivity index is 2.24. The van der Waals surface area contributed by atoms with Crippen LogP contribution in [0.5, 0.6) is 0 Å². The second-order valence-electron chi connectivity index (χ2n) is 6.01. The maximum atomic E-state index is 14.8. The van der Waals surface area contributed by atoms with Gasteiger partial charge in [-0.3, -0.25) is 0 Å². The smallest absolute Gasteiger partial charge is 0.354 e. The second kappa shape index (κ2) is 4.75. The van der Waals surface area contributed by atoms with Gasteiger partial charge in [0.1, 0.15) is 5.83 Å². The van der Waals surface area contributed by atoms with Crippen molar-refractivity contribution in [2.75, 3.05) is 0 Å². The average Bonchev–Trinajstić information content (AvgIpc) is 3.21. The molecule has 3 rings (SSSR count). The van der Waals surface area contributed by atoms with Crippen LogP contribution in [0, 0.1) is 5.92 Å². The van der Waals surface area contributed by atoms with Gasteiger partial charge < -0.3 is 4.90 Å². The van der Waals surface area contributed by atoms with Gasteiger partial charge >= 0.3 is 6.18 Å². The van der Waals surface area contributed by atoms with Crippen LogP contribution in [0.1, 0.15) is 43.9 Å².